The molecule has 0 unspecified atom stereocenters. The fraction of sp³-hybridized carbons (Fsp3) is 0.429. The third kappa shape index (κ3) is 4.12. The van der Waals surface area contributed by atoms with Crippen LogP contribution in [0.1, 0.15) is 24.9 Å². The van der Waals surface area contributed by atoms with Crippen molar-refractivity contribution in [3.63, 3.8) is 0 Å². The first kappa shape index (κ1) is 16.1. The van der Waals surface area contributed by atoms with Gasteiger partial charge in [0.15, 0.2) is 0 Å². The highest BCUT2D eigenvalue weighted by Gasteiger charge is 2.25. The summed E-state index contributed by atoms with van der Waals surface area (Å²) in [4.78, 5) is 24.3. The predicted octanol–water partition coefficient (Wildman–Crippen LogP) is 2.31. The molecule has 3 amide bonds. The molecule has 0 radical (unpaired) electrons. The minimum Gasteiger partial charge on any atom is -0.341 e. The highest BCUT2D eigenvalue weighted by Crippen LogP contribution is 2.37. The van der Waals surface area contributed by atoms with Crippen molar-refractivity contribution in [1.29, 1.82) is 0 Å². The lowest BCUT2D eigenvalue weighted by molar-refractivity contribution is -0.121. The number of hydrogen-bond donors (Lipinski definition) is 3. The molecule has 114 valence electrons. The second-order valence-corrected chi connectivity index (χ2v) is 6.40. The van der Waals surface area contributed by atoms with Crippen LogP contribution in [0.4, 0.5) is 4.79 Å². The number of imide groups is 1. The lowest BCUT2D eigenvalue weighted by Gasteiger charge is -2.28. The van der Waals surface area contributed by atoms with E-state index in [1.54, 1.807) is 18.7 Å². The molecule has 0 fully saturated rings. The van der Waals surface area contributed by atoms with Gasteiger partial charge in [0.1, 0.15) is 0 Å². The number of fused-ring (bicyclic) bond motifs is 1. The van der Waals surface area contributed by atoms with Gasteiger partial charge in [0, 0.05) is 23.0 Å². The Morgan fingerprint density at radius 1 is 1.43 bits per heavy atom. The molecule has 0 saturated carbocycles. The summed E-state index contributed by atoms with van der Waals surface area (Å²) in [7, 11) is 1.47. The molecule has 3 N–H and O–H groups in total. The molecule has 0 saturated heterocycles. The molecule has 7 heteroatoms. The van der Waals surface area contributed by atoms with Gasteiger partial charge in [0.25, 0.3) is 0 Å². The molecular weight excluding hydrogens is 310 g/mol. The molecule has 1 aromatic rings. The molecule has 2 atom stereocenters. The molecule has 1 aromatic carbocycles. The van der Waals surface area contributed by atoms with E-state index in [9.17, 15) is 9.59 Å². The summed E-state index contributed by atoms with van der Waals surface area (Å²) >= 11 is 7.85. The van der Waals surface area contributed by atoms with Crippen molar-refractivity contribution in [2.24, 2.45) is 0 Å². The normalized spacial score (nSPS) is 18.5. The van der Waals surface area contributed by atoms with Crippen molar-refractivity contribution in [3.05, 3.63) is 28.8 Å². The van der Waals surface area contributed by atoms with E-state index in [2.05, 4.69) is 16.0 Å². The fourth-order valence-electron chi connectivity index (χ4n) is 2.20. The number of amides is 3. The standard InChI is InChI=1S/C14H18ClN3O2S/c1-8(13(19)18-14(20)16-2)17-11-5-6-21-12-4-3-9(15)7-10(11)12/h3-4,7-8,11,17H,5-6H2,1-2H3,(H2,16,18,19,20)/t8-,11-/m1/s1. The molecule has 1 aliphatic rings. The van der Waals surface area contributed by atoms with Crippen LogP contribution in [-0.4, -0.2) is 30.8 Å². The molecule has 0 aromatic heterocycles. The molecule has 1 heterocycles. The van der Waals surface area contributed by atoms with Gasteiger partial charge in [0.2, 0.25) is 5.91 Å². The minimum atomic E-state index is -0.503. The Labute approximate surface area is 133 Å². The Bertz CT molecular complexity index is 553. The van der Waals surface area contributed by atoms with E-state index in [1.165, 1.54) is 11.9 Å². The molecule has 0 aliphatic carbocycles. The molecule has 0 spiro atoms. The average Bonchev–Trinajstić information content (AvgIpc) is 2.47. The van der Waals surface area contributed by atoms with Crippen LogP contribution in [0.15, 0.2) is 23.1 Å². The van der Waals surface area contributed by atoms with E-state index >= 15 is 0 Å². The quantitative estimate of drug-likeness (QED) is 0.797. The average molecular weight is 328 g/mol. The van der Waals surface area contributed by atoms with E-state index in [1.807, 2.05) is 18.2 Å². The fourth-order valence-corrected chi connectivity index (χ4v) is 3.48. The predicted molar refractivity (Wildman–Crippen MR) is 84.7 cm³/mol. The van der Waals surface area contributed by atoms with Crippen molar-refractivity contribution >= 4 is 35.3 Å². The SMILES string of the molecule is CNC(=O)NC(=O)[C@@H](C)N[C@@H]1CCSc2ccc(Cl)cc21. The zero-order valence-corrected chi connectivity index (χ0v) is 13.5. The van der Waals surface area contributed by atoms with Crippen LogP contribution in [0.5, 0.6) is 0 Å². The number of carbonyl (C=O) groups is 2. The van der Waals surface area contributed by atoms with Crippen molar-refractivity contribution in [2.75, 3.05) is 12.8 Å². The smallest absolute Gasteiger partial charge is 0.321 e. The summed E-state index contributed by atoms with van der Waals surface area (Å²) in [6.07, 6.45) is 0.912. The third-order valence-corrected chi connectivity index (χ3v) is 4.68. The number of rotatable bonds is 3. The van der Waals surface area contributed by atoms with Gasteiger partial charge in [-0.05, 0) is 42.9 Å². The monoisotopic (exact) mass is 327 g/mol. The summed E-state index contributed by atoms with van der Waals surface area (Å²) in [5.74, 6) is 0.631. The van der Waals surface area contributed by atoms with Gasteiger partial charge < -0.3 is 5.32 Å². The Morgan fingerprint density at radius 2 is 2.19 bits per heavy atom. The van der Waals surface area contributed by atoms with Gasteiger partial charge in [-0.3, -0.25) is 15.4 Å². The molecule has 21 heavy (non-hydrogen) atoms. The number of benzene rings is 1. The number of hydrogen-bond acceptors (Lipinski definition) is 4. The zero-order valence-electron chi connectivity index (χ0n) is 11.9. The first-order valence-corrected chi connectivity index (χ1v) is 8.08. The van der Waals surface area contributed by atoms with E-state index < -0.39 is 12.1 Å². The molecule has 0 bridgehead atoms. The van der Waals surface area contributed by atoms with Gasteiger partial charge in [0.05, 0.1) is 6.04 Å². The first-order chi connectivity index (χ1) is 10.0. The van der Waals surface area contributed by atoms with Crippen molar-refractivity contribution < 1.29 is 9.59 Å². The molecule has 5 nitrogen and oxygen atoms in total. The largest absolute Gasteiger partial charge is 0.341 e. The lowest BCUT2D eigenvalue weighted by atomic mass is 10.0. The van der Waals surface area contributed by atoms with Crippen LogP contribution in [0, 0.1) is 0 Å². The summed E-state index contributed by atoms with van der Waals surface area (Å²) in [6.45, 7) is 1.74. The maximum Gasteiger partial charge on any atom is 0.321 e. The minimum absolute atomic E-state index is 0.0605. The lowest BCUT2D eigenvalue weighted by Crippen LogP contribution is -2.48. The Hall–Kier alpha value is -1.24. The van der Waals surface area contributed by atoms with Crippen molar-refractivity contribution in [1.82, 2.24) is 16.0 Å². The van der Waals surface area contributed by atoms with Crippen LogP contribution < -0.4 is 16.0 Å². The Morgan fingerprint density at radius 3 is 2.90 bits per heavy atom. The summed E-state index contributed by atoms with van der Waals surface area (Å²) < 4.78 is 0. The first-order valence-electron chi connectivity index (χ1n) is 6.72. The van der Waals surface area contributed by atoms with Crippen molar-refractivity contribution in [2.45, 2.75) is 30.3 Å². The second kappa shape index (κ2) is 7.15. The van der Waals surface area contributed by atoms with Gasteiger partial charge in [-0.1, -0.05) is 11.6 Å². The number of carbonyl (C=O) groups excluding carboxylic acids is 2. The molecule has 1 aliphatic heterocycles. The molecule has 2 rings (SSSR count). The summed E-state index contributed by atoms with van der Waals surface area (Å²) in [5.41, 5.74) is 1.11. The number of halogens is 1. The zero-order chi connectivity index (χ0) is 15.4. The maximum absolute atomic E-state index is 11.9. The number of nitrogens with one attached hydrogen (secondary N) is 3. The van der Waals surface area contributed by atoms with Gasteiger partial charge in [-0.15, -0.1) is 11.8 Å². The van der Waals surface area contributed by atoms with Gasteiger partial charge >= 0.3 is 6.03 Å². The van der Waals surface area contributed by atoms with Gasteiger partial charge in [-0.2, -0.15) is 0 Å². The number of thioether (sulfide) groups is 1. The maximum atomic E-state index is 11.9. The Kier molecular flexibility index (Phi) is 5.50. The third-order valence-electron chi connectivity index (χ3n) is 3.32. The molecular formula is C14H18ClN3O2S. The number of urea groups is 1. The van der Waals surface area contributed by atoms with Crippen LogP contribution in [-0.2, 0) is 4.79 Å². The van der Waals surface area contributed by atoms with E-state index in [0.29, 0.717) is 5.02 Å². The van der Waals surface area contributed by atoms with E-state index in [-0.39, 0.29) is 11.9 Å². The van der Waals surface area contributed by atoms with E-state index in [0.717, 1.165) is 17.7 Å². The summed E-state index contributed by atoms with van der Waals surface area (Å²) in [6, 6.07) is 4.90. The Balaban J connectivity index is 2.05. The second-order valence-electron chi connectivity index (χ2n) is 4.83. The van der Waals surface area contributed by atoms with Crippen molar-refractivity contribution in [3.8, 4) is 0 Å². The summed E-state index contributed by atoms with van der Waals surface area (Å²) in [5, 5.41) is 8.58. The highest BCUT2D eigenvalue weighted by atomic mass is 35.5. The van der Waals surface area contributed by atoms with Crippen LogP contribution in [0.25, 0.3) is 0 Å². The van der Waals surface area contributed by atoms with Gasteiger partial charge in [-0.25, -0.2) is 4.79 Å². The van der Waals surface area contributed by atoms with E-state index in [4.69, 9.17) is 11.6 Å². The topological polar surface area (TPSA) is 70.2 Å². The van der Waals surface area contributed by atoms with Crippen LogP contribution in [0.3, 0.4) is 0 Å². The van der Waals surface area contributed by atoms with Crippen LogP contribution in [0.2, 0.25) is 5.02 Å². The highest BCUT2D eigenvalue weighted by molar-refractivity contribution is 7.99. The van der Waals surface area contributed by atoms with Crippen LogP contribution >= 0.6 is 23.4 Å².